The van der Waals surface area contributed by atoms with Crippen LogP contribution in [-0.2, 0) is 9.59 Å². The molecule has 2 N–H and O–H groups in total. The molecule has 0 bridgehead atoms. The topological polar surface area (TPSA) is 124 Å². The fourth-order valence-corrected chi connectivity index (χ4v) is 4.88. The Morgan fingerprint density at radius 1 is 1.17 bits per heavy atom. The molecule has 1 saturated carbocycles. The number of nitriles is 2. The third kappa shape index (κ3) is 3.20. The van der Waals surface area contributed by atoms with E-state index in [1.807, 2.05) is 26.0 Å². The number of aryl methyl sites for hydroxylation is 1. The zero-order valence-corrected chi connectivity index (χ0v) is 17.4. The molecule has 1 atom stereocenters. The first kappa shape index (κ1) is 19.9. The molecule has 30 heavy (non-hydrogen) atoms. The molecule has 2 aliphatic rings. The zero-order chi connectivity index (χ0) is 21.6. The summed E-state index contributed by atoms with van der Waals surface area (Å²) in [6, 6.07) is 9.71. The molecule has 1 aliphatic carbocycles. The lowest BCUT2D eigenvalue weighted by atomic mass is 10.0. The van der Waals surface area contributed by atoms with Crippen molar-refractivity contribution in [3.8, 4) is 12.1 Å². The molecule has 2 aromatic rings. The van der Waals surface area contributed by atoms with Crippen LogP contribution in [0.4, 0.5) is 11.5 Å². The van der Waals surface area contributed by atoms with Crippen LogP contribution in [0.1, 0.15) is 53.0 Å². The van der Waals surface area contributed by atoms with Crippen LogP contribution in [0.15, 0.2) is 23.2 Å². The second kappa shape index (κ2) is 7.47. The number of aromatic nitrogens is 1. The number of benzene rings is 1. The van der Waals surface area contributed by atoms with Crippen molar-refractivity contribution >= 4 is 35.1 Å². The third-order valence-corrected chi connectivity index (χ3v) is 6.79. The summed E-state index contributed by atoms with van der Waals surface area (Å²) < 4.78 is 0. The molecule has 2 amide bonds. The molecule has 1 aromatic heterocycles. The van der Waals surface area contributed by atoms with E-state index in [0.29, 0.717) is 21.8 Å². The van der Waals surface area contributed by atoms with Crippen molar-refractivity contribution < 1.29 is 9.59 Å². The van der Waals surface area contributed by atoms with E-state index in [0.717, 1.165) is 35.7 Å². The summed E-state index contributed by atoms with van der Waals surface area (Å²) in [6.07, 6.45) is 1.79. The third-order valence-electron chi connectivity index (χ3n) is 5.62. The maximum atomic E-state index is 13.1. The number of anilines is 2. The molecule has 2 fully saturated rings. The molecule has 2 heterocycles. The van der Waals surface area contributed by atoms with Gasteiger partial charge in [-0.25, -0.2) is 9.88 Å². The lowest BCUT2D eigenvalue weighted by Crippen LogP contribution is -2.31. The summed E-state index contributed by atoms with van der Waals surface area (Å²) in [5.74, 6) is -0.440. The molecule has 1 saturated heterocycles. The molecule has 7 nitrogen and oxygen atoms in total. The van der Waals surface area contributed by atoms with Gasteiger partial charge in [-0.15, -0.1) is 0 Å². The molecular formula is C22H19N5O2S. The minimum Gasteiger partial charge on any atom is -0.383 e. The lowest BCUT2D eigenvalue weighted by Gasteiger charge is -2.19. The monoisotopic (exact) mass is 417 g/mol. The first-order chi connectivity index (χ1) is 14.4. The van der Waals surface area contributed by atoms with Gasteiger partial charge >= 0.3 is 0 Å². The number of nitrogens with two attached hydrogens (primary N) is 1. The molecule has 4 rings (SSSR count). The Balaban J connectivity index is 1.70. The molecule has 0 radical (unpaired) electrons. The number of nitrogen functional groups attached to an aromatic ring is 1. The van der Waals surface area contributed by atoms with Gasteiger partial charge in [-0.2, -0.15) is 10.5 Å². The average molecular weight is 417 g/mol. The van der Waals surface area contributed by atoms with Gasteiger partial charge in [0.2, 0.25) is 11.8 Å². The predicted octanol–water partition coefficient (Wildman–Crippen LogP) is 3.33. The van der Waals surface area contributed by atoms with Crippen molar-refractivity contribution in [1.82, 2.24) is 4.98 Å². The SMILES string of the molecule is Cc1cccc(N2C(=O)C[C@H](Sc3nc(N)c(C#N)c(C4CC4)c3C#N)C2=O)c1C. The molecule has 0 spiro atoms. The van der Waals surface area contributed by atoms with Crippen LogP contribution in [0.3, 0.4) is 0 Å². The Morgan fingerprint density at radius 3 is 2.50 bits per heavy atom. The summed E-state index contributed by atoms with van der Waals surface area (Å²) in [5, 5.41) is 18.8. The number of pyridine rings is 1. The number of nitrogens with zero attached hydrogens (tertiary/aromatic N) is 4. The molecule has 8 heteroatoms. The predicted molar refractivity (Wildman–Crippen MR) is 113 cm³/mol. The maximum absolute atomic E-state index is 13.1. The van der Waals surface area contributed by atoms with Gasteiger partial charge in [-0.1, -0.05) is 23.9 Å². The fraction of sp³-hybridized carbons (Fsp3) is 0.318. The van der Waals surface area contributed by atoms with Gasteiger partial charge in [0.15, 0.2) is 0 Å². The minimum atomic E-state index is -0.698. The smallest absolute Gasteiger partial charge is 0.247 e. The van der Waals surface area contributed by atoms with E-state index in [1.54, 1.807) is 6.07 Å². The molecule has 1 aliphatic heterocycles. The molecular weight excluding hydrogens is 398 g/mol. The van der Waals surface area contributed by atoms with E-state index < -0.39 is 5.25 Å². The summed E-state index contributed by atoms with van der Waals surface area (Å²) in [6.45, 7) is 3.81. The van der Waals surface area contributed by atoms with Gasteiger partial charge in [0.05, 0.1) is 22.1 Å². The highest BCUT2D eigenvalue weighted by Gasteiger charge is 2.42. The van der Waals surface area contributed by atoms with Crippen molar-refractivity contribution in [2.45, 2.75) is 49.3 Å². The van der Waals surface area contributed by atoms with Gasteiger partial charge in [-0.3, -0.25) is 9.59 Å². The summed E-state index contributed by atoms with van der Waals surface area (Å²) in [4.78, 5) is 31.3. The second-order valence-corrected chi connectivity index (χ2v) is 8.75. The van der Waals surface area contributed by atoms with Crippen LogP contribution in [0.25, 0.3) is 0 Å². The van der Waals surface area contributed by atoms with E-state index in [-0.39, 0.29) is 35.5 Å². The van der Waals surface area contributed by atoms with Crippen molar-refractivity contribution in [1.29, 1.82) is 10.5 Å². The standard InChI is InChI=1S/C22H19N5O2S/c1-11-4-3-5-16(12(11)2)27-18(28)8-17(22(27)29)30-21-15(10-24)19(13-6-7-13)14(9-23)20(25)26-21/h3-5,13,17H,6-8H2,1-2H3,(H2,25,26)/t17-/m0/s1. The molecule has 1 aromatic carbocycles. The minimum absolute atomic E-state index is 0.0160. The Labute approximate surface area is 178 Å². The number of amides is 2. The van der Waals surface area contributed by atoms with Crippen LogP contribution in [0.5, 0.6) is 0 Å². The van der Waals surface area contributed by atoms with E-state index in [9.17, 15) is 20.1 Å². The second-order valence-electron chi connectivity index (χ2n) is 7.56. The first-order valence-corrected chi connectivity index (χ1v) is 10.5. The van der Waals surface area contributed by atoms with Crippen molar-refractivity contribution in [2.75, 3.05) is 10.6 Å². The first-order valence-electron chi connectivity index (χ1n) is 9.60. The van der Waals surface area contributed by atoms with Crippen LogP contribution >= 0.6 is 11.8 Å². The van der Waals surface area contributed by atoms with E-state index in [4.69, 9.17) is 5.73 Å². The van der Waals surface area contributed by atoms with Crippen molar-refractivity contribution in [3.63, 3.8) is 0 Å². The Hall–Kier alpha value is -3.36. The highest BCUT2D eigenvalue weighted by atomic mass is 32.2. The number of hydrogen-bond acceptors (Lipinski definition) is 7. The normalized spacial score (nSPS) is 18.4. The van der Waals surface area contributed by atoms with Gasteiger partial charge < -0.3 is 5.73 Å². The quantitative estimate of drug-likeness (QED) is 0.757. The van der Waals surface area contributed by atoms with Crippen LogP contribution in [-0.4, -0.2) is 22.0 Å². The van der Waals surface area contributed by atoms with Gasteiger partial charge in [0.25, 0.3) is 0 Å². The molecule has 0 unspecified atom stereocenters. The maximum Gasteiger partial charge on any atom is 0.247 e. The van der Waals surface area contributed by atoms with Crippen LogP contribution < -0.4 is 10.6 Å². The van der Waals surface area contributed by atoms with E-state index in [2.05, 4.69) is 17.1 Å². The molecule has 150 valence electrons. The zero-order valence-electron chi connectivity index (χ0n) is 16.6. The highest BCUT2D eigenvalue weighted by molar-refractivity contribution is 8.00. The van der Waals surface area contributed by atoms with E-state index >= 15 is 0 Å². The summed E-state index contributed by atoms with van der Waals surface area (Å²) in [7, 11) is 0. The number of imide groups is 1. The lowest BCUT2D eigenvalue weighted by molar-refractivity contribution is -0.121. The van der Waals surface area contributed by atoms with Crippen molar-refractivity contribution in [3.05, 3.63) is 46.0 Å². The largest absolute Gasteiger partial charge is 0.383 e. The van der Waals surface area contributed by atoms with Gasteiger partial charge in [0, 0.05) is 6.42 Å². The van der Waals surface area contributed by atoms with Gasteiger partial charge in [0.1, 0.15) is 23.0 Å². The number of thioether (sulfide) groups is 1. The summed E-state index contributed by atoms with van der Waals surface area (Å²) >= 11 is 1.08. The number of carbonyl (C=O) groups is 2. The number of carbonyl (C=O) groups excluding carboxylic acids is 2. The van der Waals surface area contributed by atoms with Crippen molar-refractivity contribution in [2.24, 2.45) is 0 Å². The fourth-order valence-electron chi connectivity index (χ4n) is 3.75. The Bertz CT molecular complexity index is 1170. The average Bonchev–Trinajstić information content (AvgIpc) is 3.51. The highest BCUT2D eigenvalue weighted by Crippen LogP contribution is 2.47. The number of rotatable bonds is 4. The van der Waals surface area contributed by atoms with Crippen LogP contribution in [0, 0.1) is 36.5 Å². The van der Waals surface area contributed by atoms with E-state index in [1.165, 1.54) is 4.90 Å². The van der Waals surface area contributed by atoms with Gasteiger partial charge in [-0.05, 0) is 55.4 Å². The summed E-state index contributed by atoms with van der Waals surface area (Å²) in [5.41, 5.74) is 9.60. The van der Waals surface area contributed by atoms with Crippen LogP contribution in [0.2, 0.25) is 0 Å². The Kier molecular flexibility index (Phi) is 4.97. The number of hydrogen-bond donors (Lipinski definition) is 1. The Morgan fingerprint density at radius 2 is 1.87 bits per heavy atom.